The van der Waals surface area contributed by atoms with Gasteiger partial charge in [0, 0.05) is 36.1 Å². The van der Waals surface area contributed by atoms with Crippen molar-refractivity contribution in [1.82, 2.24) is 5.32 Å². The van der Waals surface area contributed by atoms with Crippen LogP contribution >= 0.6 is 23.4 Å². The molecule has 0 aliphatic carbocycles. The van der Waals surface area contributed by atoms with Gasteiger partial charge in [-0.3, -0.25) is 4.79 Å². The Kier molecular flexibility index (Phi) is 6.65. The molecule has 1 saturated heterocycles. The van der Waals surface area contributed by atoms with E-state index in [1.54, 1.807) is 11.8 Å². The van der Waals surface area contributed by atoms with E-state index >= 15 is 0 Å². The summed E-state index contributed by atoms with van der Waals surface area (Å²) in [6.45, 7) is 2.89. The molecule has 25 heavy (non-hydrogen) atoms. The molecule has 0 saturated carbocycles. The van der Waals surface area contributed by atoms with E-state index in [1.165, 1.54) is 24.1 Å². The van der Waals surface area contributed by atoms with Gasteiger partial charge in [-0.2, -0.15) is 0 Å². The zero-order valence-corrected chi connectivity index (χ0v) is 15.8. The molecule has 0 atom stereocenters. The van der Waals surface area contributed by atoms with Crippen LogP contribution in [0.1, 0.15) is 24.0 Å². The van der Waals surface area contributed by atoms with Crippen LogP contribution < -0.4 is 10.2 Å². The van der Waals surface area contributed by atoms with Gasteiger partial charge in [0.2, 0.25) is 5.91 Å². The van der Waals surface area contributed by atoms with E-state index in [0.29, 0.717) is 12.3 Å². The average Bonchev–Trinajstić information content (AvgIpc) is 3.17. The zero-order chi connectivity index (χ0) is 17.5. The molecule has 3 rings (SSSR count). The van der Waals surface area contributed by atoms with Gasteiger partial charge in [0.1, 0.15) is 0 Å². The Morgan fingerprint density at radius 3 is 2.32 bits per heavy atom. The molecule has 1 N–H and O–H groups in total. The number of amides is 1. The minimum absolute atomic E-state index is 0.0718. The van der Waals surface area contributed by atoms with Crippen molar-refractivity contribution >= 4 is 35.0 Å². The minimum atomic E-state index is 0.0718. The Morgan fingerprint density at radius 1 is 1.00 bits per heavy atom. The molecule has 0 unspecified atom stereocenters. The molecule has 1 amide bonds. The number of halogens is 1. The van der Waals surface area contributed by atoms with Gasteiger partial charge in [-0.25, -0.2) is 0 Å². The molecular weight excluding hydrogens is 352 g/mol. The zero-order valence-electron chi connectivity index (χ0n) is 14.2. The number of benzene rings is 2. The molecule has 0 bridgehead atoms. The van der Waals surface area contributed by atoms with Gasteiger partial charge in [-0.05, 0) is 48.2 Å². The van der Waals surface area contributed by atoms with E-state index in [2.05, 4.69) is 34.5 Å². The van der Waals surface area contributed by atoms with Crippen LogP contribution in [0.4, 0.5) is 5.69 Å². The summed E-state index contributed by atoms with van der Waals surface area (Å²) in [6, 6.07) is 16.3. The summed E-state index contributed by atoms with van der Waals surface area (Å²) in [5.41, 5.74) is 3.60. The van der Waals surface area contributed by atoms with Crippen molar-refractivity contribution < 1.29 is 4.79 Å². The number of anilines is 1. The lowest BCUT2D eigenvalue weighted by Crippen LogP contribution is -2.24. The molecule has 1 aliphatic rings. The van der Waals surface area contributed by atoms with Crippen LogP contribution in [0.2, 0.25) is 5.02 Å². The second-order valence-electron chi connectivity index (χ2n) is 6.26. The maximum Gasteiger partial charge on any atom is 0.230 e. The standard InChI is InChI=1S/C20H23ClN2OS/c21-18-7-3-17(4-8-18)14-25-15-20(24)22-13-16-5-9-19(10-6-16)23-11-1-2-12-23/h3-10H,1-2,11-15H2,(H,22,24). The van der Waals surface area contributed by atoms with E-state index in [4.69, 9.17) is 11.6 Å². The first-order valence-electron chi connectivity index (χ1n) is 8.63. The molecule has 1 aliphatic heterocycles. The van der Waals surface area contributed by atoms with Crippen molar-refractivity contribution in [3.63, 3.8) is 0 Å². The van der Waals surface area contributed by atoms with Crippen molar-refractivity contribution in [2.24, 2.45) is 0 Å². The molecule has 1 fully saturated rings. The van der Waals surface area contributed by atoms with Crippen LogP contribution in [0.3, 0.4) is 0 Å². The number of hydrogen-bond acceptors (Lipinski definition) is 3. The first-order chi connectivity index (χ1) is 12.2. The number of nitrogens with one attached hydrogen (secondary N) is 1. The number of thioether (sulfide) groups is 1. The summed E-state index contributed by atoms with van der Waals surface area (Å²) in [5.74, 6) is 1.35. The Labute approximate surface area is 158 Å². The second kappa shape index (κ2) is 9.16. The van der Waals surface area contributed by atoms with Crippen molar-refractivity contribution in [2.45, 2.75) is 25.1 Å². The van der Waals surface area contributed by atoms with E-state index < -0.39 is 0 Å². The molecule has 1 heterocycles. The third-order valence-corrected chi connectivity index (χ3v) is 5.57. The van der Waals surface area contributed by atoms with Gasteiger partial charge in [0.05, 0.1) is 5.75 Å². The lowest BCUT2D eigenvalue weighted by Gasteiger charge is -2.17. The molecule has 2 aromatic carbocycles. The number of carbonyl (C=O) groups is 1. The first kappa shape index (κ1) is 18.2. The molecule has 5 heteroatoms. The summed E-state index contributed by atoms with van der Waals surface area (Å²) < 4.78 is 0. The highest BCUT2D eigenvalue weighted by atomic mass is 35.5. The fraction of sp³-hybridized carbons (Fsp3) is 0.350. The predicted molar refractivity (Wildman–Crippen MR) is 107 cm³/mol. The molecule has 0 aromatic heterocycles. The highest BCUT2D eigenvalue weighted by Crippen LogP contribution is 2.20. The van der Waals surface area contributed by atoms with E-state index in [-0.39, 0.29) is 5.91 Å². The Balaban J connectivity index is 1.37. The summed E-state index contributed by atoms with van der Waals surface area (Å²) >= 11 is 7.48. The number of carbonyl (C=O) groups excluding carboxylic acids is 1. The van der Waals surface area contributed by atoms with E-state index in [9.17, 15) is 4.79 Å². The average molecular weight is 375 g/mol. The van der Waals surface area contributed by atoms with Crippen LogP contribution in [0.15, 0.2) is 48.5 Å². The van der Waals surface area contributed by atoms with Gasteiger partial charge in [-0.15, -0.1) is 11.8 Å². The summed E-state index contributed by atoms with van der Waals surface area (Å²) in [7, 11) is 0. The first-order valence-corrected chi connectivity index (χ1v) is 10.2. The largest absolute Gasteiger partial charge is 0.372 e. The van der Waals surface area contributed by atoms with Crippen LogP contribution in [0, 0.1) is 0 Å². The lowest BCUT2D eigenvalue weighted by molar-refractivity contribution is -0.118. The lowest BCUT2D eigenvalue weighted by atomic mass is 10.2. The van der Waals surface area contributed by atoms with Crippen LogP contribution in [0.25, 0.3) is 0 Å². The summed E-state index contributed by atoms with van der Waals surface area (Å²) in [4.78, 5) is 14.4. The molecule has 0 spiro atoms. The van der Waals surface area contributed by atoms with Gasteiger partial charge in [0.15, 0.2) is 0 Å². The normalized spacial score (nSPS) is 13.9. The van der Waals surface area contributed by atoms with Gasteiger partial charge >= 0.3 is 0 Å². The monoisotopic (exact) mass is 374 g/mol. The third kappa shape index (κ3) is 5.68. The number of nitrogens with zero attached hydrogens (tertiary/aromatic N) is 1. The minimum Gasteiger partial charge on any atom is -0.372 e. The smallest absolute Gasteiger partial charge is 0.230 e. The Hall–Kier alpha value is -1.65. The van der Waals surface area contributed by atoms with Crippen LogP contribution in [-0.2, 0) is 17.1 Å². The highest BCUT2D eigenvalue weighted by Gasteiger charge is 2.11. The topological polar surface area (TPSA) is 32.3 Å². The number of rotatable bonds is 7. The SMILES string of the molecule is O=C(CSCc1ccc(Cl)cc1)NCc1ccc(N2CCCC2)cc1. The maximum absolute atomic E-state index is 12.0. The van der Waals surface area contributed by atoms with Crippen molar-refractivity contribution in [1.29, 1.82) is 0 Å². The van der Waals surface area contributed by atoms with Crippen molar-refractivity contribution in [2.75, 3.05) is 23.7 Å². The fourth-order valence-electron chi connectivity index (χ4n) is 2.89. The van der Waals surface area contributed by atoms with Crippen molar-refractivity contribution in [3.8, 4) is 0 Å². The Bertz CT molecular complexity index is 682. The Morgan fingerprint density at radius 2 is 1.64 bits per heavy atom. The number of hydrogen-bond donors (Lipinski definition) is 1. The molecule has 3 nitrogen and oxygen atoms in total. The van der Waals surface area contributed by atoms with Gasteiger partial charge in [0.25, 0.3) is 0 Å². The maximum atomic E-state index is 12.0. The van der Waals surface area contributed by atoms with E-state index in [0.717, 1.165) is 29.4 Å². The highest BCUT2D eigenvalue weighted by molar-refractivity contribution is 7.99. The summed E-state index contributed by atoms with van der Waals surface area (Å²) in [6.07, 6.45) is 2.57. The molecule has 132 valence electrons. The second-order valence-corrected chi connectivity index (χ2v) is 7.68. The predicted octanol–water partition coefficient (Wildman–Crippen LogP) is 4.49. The molecule has 2 aromatic rings. The van der Waals surface area contributed by atoms with Crippen LogP contribution in [-0.4, -0.2) is 24.7 Å². The molecule has 0 radical (unpaired) electrons. The summed E-state index contributed by atoms with van der Waals surface area (Å²) in [5, 5.41) is 3.73. The van der Waals surface area contributed by atoms with Gasteiger partial charge in [-0.1, -0.05) is 35.9 Å². The quantitative estimate of drug-likeness (QED) is 0.774. The third-order valence-electron chi connectivity index (χ3n) is 4.31. The van der Waals surface area contributed by atoms with Crippen molar-refractivity contribution in [3.05, 3.63) is 64.7 Å². The van der Waals surface area contributed by atoms with Crippen LogP contribution in [0.5, 0.6) is 0 Å². The molecular formula is C20H23ClN2OS. The van der Waals surface area contributed by atoms with E-state index in [1.807, 2.05) is 24.3 Å². The van der Waals surface area contributed by atoms with Gasteiger partial charge < -0.3 is 10.2 Å². The fourth-order valence-corrected chi connectivity index (χ4v) is 3.84.